The third-order valence-corrected chi connectivity index (χ3v) is 3.15. The van der Waals surface area contributed by atoms with Gasteiger partial charge in [-0.25, -0.2) is 0 Å². The fraction of sp³-hybridized carbons (Fsp3) is 0.538. The highest BCUT2D eigenvalue weighted by molar-refractivity contribution is 6.16. The van der Waals surface area contributed by atoms with Gasteiger partial charge < -0.3 is 4.74 Å². The third-order valence-electron chi connectivity index (χ3n) is 3.15. The van der Waals surface area contributed by atoms with Crippen molar-refractivity contribution in [2.75, 3.05) is 7.11 Å². The molecule has 15 heavy (non-hydrogen) atoms. The molecule has 0 N–H and O–H groups in total. The Labute approximate surface area is 94.3 Å². The van der Waals surface area contributed by atoms with E-state index >= 15 is 0 Å². The van der Waals surface area contributed by atoms with Crippen LogP contribution < -0.4 is 4.74 Å². The van der Waals surface area contributed by atoms with Crippen molar-refractivity contribution >= 4 is 7.85 Å². The first-order valence-corrected chi connectivity index (χ1v) is 5.51. The number of methoxy groups -OCH3 is 1. The monoisotopic (exact) mass is 202 g/mol. The van der Waals surface area contributed by atoms with Crippen LogP contribution in [0.3, 0.4) is 0 Å². The lowest BCUT2D eigenvalue weighted by atomic mass is 9.60. The molecule has 2 heteroatoms. The summed E-state index contributed by atoms with van der Waals surface area (Å²) in [5.41, 5.74) is 2.34. The molecule has 0 aliphatic heterocycles. The Balaban J connectivity index is 3.26. The van der Waals surface area contributed by atoms with Crippen LogP contribution in [-0.2, 0) is 5.31 Å². The lowest BCUT2D eigenvalue weighted by Crippen LogP contribution is -2.25. The first kappa shape index (κ1) is 12.2. The topological polar surface area (TPSA) is 9.23 Å². The summed E-state index contributed by atoms with van der Waals surface area (Å²) >= 11 is 0. The second kappa shape index (κ2) is 4.74. The van der Waals surface area contributed by atoms with E-state index in [0.29, 0.717) is 0 Å². The summed E-state index contributed by atoms with van der Waals surface area (Å²) in [4.78, 5) is 0. The highest BCUT2D eigenvalue weighted by atomic mass is 16.5. The molecule has 1 aromatic rings. The van der Waals surface area contributed by atoms with Crippen LogP contribution in [0.1, 0.15) is 37.8 Å². The summed E-state index contributed by atoms with van der Waals surface area (Å²) in [7, 11) is 8.08. The molecular weight excluding hydrogens is 183 g/mol. The van der Waals surface area contributed by atoms with Crippen LogP contribution in [0.25, 0.3) is 0 Å². The molecule has 0 saturated carbocycles. The zero-order valence-corrected chi connectivity index (χ0v) is 10.1. The number of hydrogen-bond donors (Lipinski definition) is 0. The summed E-state index contributed by atoms with van der Waals surface area (Å²) in [6.07, 6.45) is 1.84. The summed E-state index contributed by atoms with van der Waals surface area (Å²) < 4.78 is 5.37. The summed E-state index contributed by atoms with van der Waals surface area (Å²) in [5.74, 6) is 0.895. The molecule has 0 bridgehead atoms. The Hall–Kier alpha value is -0.915. The second-order valence-corrected chi connectivity index (χ2v) is 4.07. The Morgan fingerprint density at radius 3 is 2.33 bits per heavy atom. The van der Waals surface area contributed by atoms with Crippen molar-refractivity contribution in [3.8, 4) is 5.75 Å². The smallest absolute Gasteiger partial charge is 0.121 e. The van der Waals surface area contributed by atoms with Crippen LogP contribution in [-0.4, -0.2) is 15.0 Å². The molecule has 0 aliphatic rings. The summed E-state index contributed by atoms with van der Waals surface area (Å²) in [5, 5.41) is -0.267. The Morgan fingerprint density at radius 1 is 1.27 bits per heavy atom. The minimum absolute atomic E-state index is 0.267. The number of rotatable bonds is 4. The van der Waals surface area contributed by atoms with E-state index in [0.717, 1.165) is 24.2 Å². The van der Waals surface area contributed by atoms with E-state index in [-0.39, 0.29) is 5.31 Å². The van der Waals surface area contributed by atoms with Crippen molar-refractivity contribution in [2.45, 2.75) is 38.9 Å². The Kier molecular flexibility index (Phi) is 3.84. The molecular formula is C13H19BO. The highest BCUT2D eigenvalue weighted by Gasteiger charge is 2.25. The van der Waals surface area contributed by atoms with E-state index in [1.807, 2.05) is 12.1 Å². The maximum Gasteiger partial charge on any atom is 0.121 e. The molecule has 1 nitrogen and oxygen atoms in total. The molecule has 0 amide bonds. The van der Waals surface area contributed by atoms with Gasteiger partial charge in [0.1, 0.15) is 5.75 Å². The lowest BCUT2D eigenvalue weighted by molar-refractivity contribution is 0.398. The van der Waals surface area contributed by atoms with Crippen molar-refractivity contribution in [1.82, 2.24) is 0 Å². The quantitative estimate of drug-likeness (QED) is 0.681. The van der Waals surface area contributed by atoms with Crippen molar-refractivity contribution in [3.05, 3.63) is 29.3 Å². The van der Waals surface area contributed by atoms with Gasteiger partial charge in [0, 0.05) is 0 Å². The van der Waals surface area contributed by atoms with Gasteiger partial charge >= 0.3 is 0 Å². The van der Waals surface area contributed by atoms with Crippen molar-refractivity contribution in [1.29, 1.82) is 0 Å². The standard InChI is InChI=1S/C13H19BO/c1-5-13(14,6-2)11-9-10(3)7-8-12(11)15-4/h7-9H,5-6H2,1-4H3. The van der Waals surface area contributed by atoms with E-state index < -0.39 is 0 Å². The first-order chi connectivity index (χ1) is 7.07. The van der Waals surface area contributed by atoms with Crippen LogP contribution in [0, 0.1) is 6.92 Å². The van der Waals surface area contributed by atoms with E-state index in [1.165, 1.54) is 5.56 Å². The minimum atomic E-state index is -0.267. The van der Waals surface area contributed by atoms with Gasteiger partial charge in [0.05, 0.1) is 15.0 Å². The highest BCUT2D eigenvalue weighted by Crippen LogP contribution is 2.35. The van der Waals surface area contributed by atoms with Crippen LogP contribution in [0.2, 0.25) is 0 Å². The molecule has 0 unspecified atom stereocenters. The van der Waals surface area contributed by atoms with E-state index in [1.54, 1.807) is 7.11 Å². The maximum atomic E-state index is 6.38. The molecule has 2 radical (unpaired) electrons. The van der Waals surface area contributed by atoms with Crippen LogP contribution in [0.15, 0.2) is 18.2 Å². The maximum absolute atomic E-state index is 6.38. The van der Waals surface area contributed by atoms with Gasteiger partial charge in [-0.2, -0.15) is 0 Å². The SMILES string of the molecule is [B]C(CC)(CC)c1cc(C)ccc1OC. The van der Waals surface area contributed by atoms with Gasteiger partial charge in [-0.05, 0) is 23.9 Å². The van der Waals surface area contributed by atoms with Gasteiger partial charge in [-0.15, -0.1) is 0 Å². The molecule has 0 fully saturated rings. The average molecular weight is 202 g/mol. The van der Waals surface area contributed by atoms with E-state index in [4.69, 9.17) is 12.6 Å². The van der Waals surface area contributed by atoms with Crippen LogP contribution in [0.4, 0.5) is 0 Å². The molecule has 0 atom stereocenters. The minimum Gasteiger partial charge on any atom is -0.496 e. The molecule has 1 rings (SSSR count). The molecule has 1 aromatic carbocycles. The van der Waals surface area contributed by atoms with Crippen LogP contribution in [0.5, 0.6) is 5.75 Å². The molecule has 0 spiro atoms. The predicted molar refractivity (Wildman–Crippen MR) is 65.7 cm³/mol. The molecule has 0 aliphatic carbocycles. The first-order valence-electron chi connectivity index (χ1n) is 5.51. The van der Waals surface area contributed by atoms with Gasteiger partial charge in [0.2, 0.25) is 0 Å². The molecule has 0 aromatic heterocycles. The molecule has 0 saturated heterocycles. The summed E-state index contributed by atoms with van der Waals surface area (Å²) in [6, 6.07) is 6.18. The predicted octanol–water partition coefficient (Wildman–Crippen LogP) is 3.19. The Morgan fingerprint density at radius 2 is 1.87 bits per heavy atom. The number of hydrogen-bond acceptors (Lipinski definition) is 1. The molecule has 80 valence electrons. The zero-order valence-electron chi connectivity index (χ0n) is 10.1. The third kappa shape index (κ3) is 2.36. The van der Waals surface area contributed by atoms with Gasteiger partial charge in [0.25, 0.3) is 0 Å². The van der Waals surface area contributed by atoms with Crippen molar-refractivity contribution in [2.24, 2.45) is 0 Å². The number of ether oxygens (including phenoxy) is 1. The number of aryl methyl sites for hydroxylation is 1. The van der Waals surface area contributed by atoms with Crippen LogP contribution >= 0.6 is 0 Å². The van der Waals surface area contributed by atoms with Crippen molar-refractivity contribution in [3.63, 3.8) is 0 Å². The van der Waals surface area contributed by atoms with Gasteiger partial charge in [-0.3, -0.25) is 0 Å². The summed E-state index contributed by atoms with van der Waals surface area (Å²) in [6.45, 7) is 6.31. The second-order valence-electron chi connectivity index (χ2n) is 4.07. The average Bonchev–Trinajstić information content (AvgIpc) is 2.28. The zero-order chi connectivity index (χ0) is 11.5. The number of benzene rings is 1. The van der Waals surface area contributed by atoms with E-state index in [9.17, 15) is 0 Å². The Bertz CT molecular complexity index is 329. The fourth-order valence-electron chi connectivity index (χ4n) is 1.84. The fourth-order valence-corrected chi connectivity index (χ4v) is 1.84. The molecule has 0 heterocycles. The normalized spacial score (nSPS) is 11.5. The largest absolute Gasteiger partial charge is 0.496 e. The van der Waals surface area contributed by atoms with Crippen molar-refractivity contribution < 1.29 is 4.74 Å². The van der Waals surface area contributed by atoms with Gasteiger partial charge in [-0.1, -0.05) is 44.4 Å². The van der Waals surface area contributed by atoms with Gasteiger partial charge in [0.15, 0.2) is 0 Å². The van der Waals surface area contributed by atoms with E-state index in [2.05, 4.69) is 26.8 Å². The lowest BCUT2D eigenvalue weighted by Gasteiger charge is -2.30.